The van der Waals surface area contributed by atoms with Crippen LogP contribution in [0.3, 0.4) is 0 Å². The third-order valence-electron chi connectivity index (χ3n) is 6.53. The lowest BCUT2D eigenvalue weighted by atomic mass is 9.69. The molecule has 1 aliphatic heterocycles. The first-order chi connectivity index (χ1) is 16.3. The molecule has 34 heavy (non-hydrogen) atoms. The Hall–Kier alpha value is -3.61. The average Bonchev–Trinajstić information content (AvgIpc) is 2.84. The van der Waals surface area contributed by atoms with Crippen LogP contribution in [0.25, 0.3) is 6.08 Å². The number of benzene rings is 2. The van der Waals surface area contributed by atoms with Gasteiger partial charge in [-0.25, -0.2) is 0 Å². The van der Waals surface area contributed by atoms with Crippen LogP contribution < -0.4 is 5.73 Å². The van der Waals surface area contributed by atoms with Gasteiger partial charge in [-0.3, -0.25) is 9.78 Å². The minimum absolute atomic E-state index is 0.149. The van der Waals surface area contributed by atoms with Crippen LogP contribution in [0.15, 0.2) is 79.1 Å². The lowest BCUT2D eigenvalue weighted by Gasteiger charge is -2.42. The van der Waals surface area contributed by atoms with Crippen LogP contribution in [0, 0.1) is 0 Å². The number of halogens is 3. The number of nitrogens with two attached hydrogens (primary N) is 1. The monoisotopic (exact) mass is 465 g/mol. The smallest absolute Gasteiger partial charge is 0.377 e. The van der Waals surface area contributed by atoms with E-state index < -0.39 is 17.6 Å². The van der Waals surface area contributed by atoms with Crippen LogP contribution in [0.4, 0.5) is 13.2 Å². The summed E-state index contributed by atoms with van der Waals surface area (Å²) in [5, 5.41) is 0. The van der Waals surface area contributed by atoms with Gasteiger partial charge in [-0.15, -0.1) is 0 Å². The second-order valence-corrected chi connectivity index (χ2v) is 8.64. The van der Waals surface area contributed by atoms with E-state index in [9.17, 15) is 18.0 Å². The highest BCUT2D eigenvalue weighted by Crippen LogP contribution is 2.39. The Balaban J connectivity index is 1.57. The fourth-order valence-corrected chi connectivity index (χ4v) is 4.71. The number of carbonyl (C=O) groups is 1. The summed E-state index contributed by atoms with van der Waals surface area (Å²) in [7, 11) is 0. The van der Waals surface area contributed by atoms with Gasteiger partial charge in [-0.2, -0.15) is 13.2 Å². The molecule has 1 amide bonds. The average molecular weight is 466 g/mol. The van der Waals surface area contributed by atoms with Crippen LogP contribution in [-0.2, 0) is 18.0 Å². The summed E-state index contributed by atoms with van der Waals surface area (Å²) >= 11 is 0. The minimum Gasteiger partial charge on any atom is -0.377 e. The molecule has 0 bridgehead atoms. The number of likely N-dealkylation sites (tertiary alicyclic amines) is 1. The van der Waals surface area contributed by atoms with Gasteiger partial charge >= 0.3 is 6.18 Å². The molecule has 3 aromatic rings. The number of amides is 1. The molecule has 0 unspecified atom stereocenters. The van der Waals surface area contributed by atoms with Gasteiger partial charge < -0.3 is 10.6 Å². The van der Waals surface area contributed by atoms with E-state index in [1.807, 2.05) is 29.2 Å². The van der Waals surface area contributed by atoms with E-state index in [1.165, 1.54) is 23.8 Å². The zero-order chi connectivity index (χ0) is 24.2. The predicted octanol–water partition coefficient (Wildman–Crippen LogP) is 5.45. The van der Waals surface area contributed by atoms with Gasteiger partial charge in [0.25, 0.3) is 5.91 Å². The van der Waals surface area contributed by atoms with Crippen molar-refractivity contribution in [3.63, 3.8) is 0 Å². The van der Waals surface area contributed by atoms with Crippen molar-refractivity contribution < 1.29 is 18.0 Å². The van der Waals surface area contributed by atoms with E-state index in [1.54, 1.807) is 24.5 Å². The molecule has 0 aliphatic carbocycles. The molecule has 4 nitrogen and oxygen atoms in total. The number of hydrogen-bond donors (Lipinski definition) is 1. The Labute approximate surface area is 196 Å². The normalized spacial score (nSPS) is 16.0. The maximum atomic E-state index is 13.3. The van der Waals surface area contributed by atoms with Crippen molar-refractivity contribution in [1.82, 2.24) is 9.88 Å². The molecule has 1 aromatic heterocycles. The van der Waals surface area contributed by atoms with Crippen molar-refractivity contribution in [1.29, 1.82) is 0 Å². The molecule has 176 valence electrons. The predicted molar refractivity (Wildman–Crippen MR) is 126 cm³/mol. The van der Waals surface area contributed by atoms with E-state index in [0.717, 1.165) is 24.5 Å². The second-order valence-electron chi connectivity index (χ2n) is 8.64. The SMILES string of the molecule is NC(=O)c1ncccc1CC1(c2ccccc2)CCN(C=Cc2ccccc2C(F)(F)F)CC1. The Kier molecular flexibility index (Phi) is 6.72. The standard InChI is InChI=1S/C27H26F3N3O/c28-27(29,30)23-11-5-4-7-20(23)12-16-33-17-13-26(14-18-33,22-9-2-1-3-10-22)19-21-8-6-15-32-24(21)25(31)34/h1-12,15-16H,13-14,17-19H2,(H2,31,34). The summed E-state index contributed by atoms with van der Waals surface area (Å²) in [6.45, 7) is 1.34. The lowest BCUT2D eigenvalue weighted by Crippen LogP contribution is -2.42. The van der Waals surface area contributed by atoms with Gasteiger partial charge in [0.05, 0.1) is 5.56 Å². The van der Waals surface area contributed by atoms with Crippen LogP contribution in [0.5, 0.6) is 0 Å². The molecular weight excluding hydrogens is 439 g/mol. The summed E-state index contributed by atoms with van der Waals surface area (Å²) in [5.74, 6) is -0.553. The van der Waals surface area contributed by atoms with Gasteiger partial charge in [0.1, 0.15) is 5.69 Å². The summed E-state index contributed by atoms with van der Waals surface area (Å²) in [4.78, 5) is 18.2. The Bertz CT molecular complexity index is 1170. The van der Waals surface area contributed by atoms with Crippen molar-refractivity contribution in [2.45, 2.75) is 30.9 Å². The molecule has 7 heteroatoms. The van der Waals surface area contributed by atoms with E-state index >= 15 is 0 Å². The summed E-state index contributed by atoms with van der Waals surface area (Å²) in [6, 6.07) is 19.4. The molecule has 0 spiro atoms. The second kappa shape index (κ2) is 9.71. The fraction of sp³-hybridized carbons (Fsp3) is 0.259. The molecule has 0 atom stereocenters. The number of carbonyl (C=O) groups excluding carboxylic acids is 1. The van der Waals surface area contributed by atoms with Gasteiger partial charge in [-0.1, -0.05) is 54.6 Å². The Morgan fingerprint density at radius 3 is 2.35 bits per heavy atom. The molecule has 2 N–H and O–H groups in total. The van der Waals surface area contributed by atoms with Gasteiger partial charge in [0, 0.05) is 24.7 Å². The number of nitrogens with zero attached hydrogens (tertiary/aromatic N) is 2. The quantitative estimate of drug-likeness (QED) is 0.527. The summed E-state index contributed by atoms with van der Waals surface area (Å²) in [5.41, 5.74) is 7.09. The molecule has 1 saturated heterocycles. The fourth-order valence-electron chi connectivity index (χ4n) is 4.71. The molecule has 0 radical (unpaired) electrons. The highest BCUT2D eigenvalue weighted by Gasteiger charge is 2.37. The van der Waals surface area contributed by atoms with E-state index in [4.69, 9.17) is 5.73 Å². The first kappa shape index (κ1) is 23.5. The topological polar surface area (TPSA) is 59.2 Å². The lowest BCUT2D eigenvalue weighted by molar-refractivity contribution is -0.137. The van der Waals surface area contributed by atoms with Crippen LogP contribution in [0.2, 0.25) is 0 Å². The van der Waals surface area contributed by atoms with Gasteiger partial charge in [-0.05, 0) is 60.4 Å². The summed E-state index contributed by atoms with van der Waals surface area (Å²) in [6.07, 6.45) is 2.60. The maximum absolute atomic E-state index is 13.3. The van der Waals surface area contributed by atoms with Crippen molar-refractivity contribution in [2.24, 2.45) is 5.73 Å². The van der Waals surface area contributed by atoms with Crippen LogP contribution >= 0.6 is 0 Å². The molecule has 2 heterocycles. The van der Waals surface area contributed by atoms with Crippen molar-refractivity contribution >= 4 is 12.0 Å². The Morgan fingerprint density at radius 1 is 1.00 bits per heavy atom. The molecule has 1 fully saturated rings. The first-order valence-electron chi connectivity index (χ1n) is 11.2. The molecule has 1 aliphatic rings. The maximum Gasteiger partial charge on any atom is 0.416 e. The third-order valence-corrected chi connectivity index (χ3v) is 6.53. The Morgan fingerprint density at radius 2 is 1.68 bits per heavy atom. The molecule has 4 rings (SSSR count). The van der Waals surface area contributed by atoms with E-state index in [0.29, 0.717) is 19.5 Å². The van der Waals surface area contributed by atoms with Gasteiger partial charge in [0.2, 0.25) is 0 Å². The third kappa shape index (κ3) is 5.14. The minimum atomic E-state index is -4.40. The van der Waals surface area contributed by atoms with Crippen LogP contribution in [0.1, 0.15) is 45.6 Å². The van der Waals surface area contributed by atoms with Crippen molar-refractivity contribution in [3.8, 4) is 0 Å². The number of rotatable bonds is 6. The van der Waals surface area contributed by atoms with Crippen molar-refractivity contribution in [3.05, 3.63) is 107 Å². The number of hydrogen-bond acceptors (Lipinski definition) is 3. The molecule has 2 aromatic carbocycles. The van der Waals surface area contributed by atoms with Crippen molar-refractivity contribution in [2.75, 3.05) is 13.1 Å². The highest BCUT2D eigenvalue weighted by molar-refractivity contribution is 5.92. The number of alkyl halides is 3. The number of piperidine rings is 1. The zero-order valence-electron chi connectivity index (χ0n) is 18.6. The zero-order valence-corrected chi connectivity index (χ0v) is 18.6. The molecular formula is C27H26F3N3O. The molecule has 0 saturated carbocycles. The highest BCUT2D eigenvalue weighted by atomic mass is 19.4. The first-order valence-corrected chi connectivity index (χ1v) is 11.2. The number of aromatic nitrogens is 1. The van der Waals surface area contributed by atoms with E-state index in [-0.39, 0.29) is 16.7 Å². The largest absolute Gasteiger partial charge is 0.416 e. The van der Waals surface area contributed by atoms with Gasteiger partial charge in [0.15, 0.2) is 0 Å². The van der Waals surface area contributed by atoms with Crippen LogP contribution in [-0.4, -0.2) is 28.9 Å². The summed E-state index contributed by atoms with van der Waals surface area (Å²) < 4.78 is 39.9. The van der Waals surface area contributed by atoms with E-state index in [2.05, 4.69) is 17.1 Å². The number of primary amides is 1. The number of pyridine rings is 1.